The molecule has 17 heavy (non-hydrogen) atoms. The van der Waals surface area contributed by atoms with Crippen LogP contribution < -0.4 is 11.3 Å². The van der Waals surface area contributed by atoms with Crippen LogP contribution in [0.3, 0.4) is 0 Å². The number of nitrogens with zero attached hydrogens (tertiary/aromatic N) is 1. The molecular formula is C11H10FN3OS. The summed E-state index contributed by atoms with van der Waals surface area (Å²) >= 11 is 1.32. The number of H-pyrrole nitrogens is 1. The maximum Gasteiger partial charge on any atom is 0.251 e. The summed E-state index contributed by atoms with van der Waals surface area (Å²) in [6, 6.07) is 5.70. The van der Waals surface area contributed by atoms with Crippen molar-refractivity contribution in [2.45, 2.75) is 10.9 Å². The number of hydrogen-bond acceptors (Lipinski definition) is 4. The van der Waals surface area contributed by atoms with E-state index in [0.717, 1.165) is 5.56 Å². The molecule has 3 N–H and O–H groups in total. The van der Waals surface area contributed by atoms with E-state index < -0.39 is 0 Å². The van der Waals surface area contributed by atoms with Crippen LogP contribution in [0, 0.1) is 5.82 Å². The number of aromatic nitrogens is 2. The lowest BCUT2D eigenvalue weighted by atomic mass is 10.2. The smallest absolute Gasteiger partial charge is 0.251 e. The van der Waals surface area contributed by atoms with Gasteiger partial charge in [0, 0.05) is 23.7 Å². The molecular weight excluding hydrogens is 241 g/mol. The second-order valence-corrected chi connectivity index (χ2v) is 4.38. The number of hydrogen-bond donors (Lipinski definition) is 2. The Labute approximate surface area is 101 Å². The van der Waals surface area contributed by atoms with Gasteiger partial charge in [0.25, 0.3) is 5.56 Å². The topological polar surface area (TPSA) is 71.8 Å². The molecule has 88 valence electrons. The number of nitrogens with two attached hydrogens (primary N) is 1. The van der Waals surface area contributed by atoms with Gasteiger partial charge in [0.05, 0.1) is 0 Å². The highest BCUT2D eigenvalue weighted by Gasteiger charge is 2.01. The average Bonchev–Trinajstić information content (AvgIpc) is 2.25. The van der Waals surface area contributed by atoms with Gasteiger partial charge in [0.2, 0.25) is 0 Å². The lowest BCUT2D eigenvalue weighted by Gasteiger charge is -2.02. The monoisotopic (exact) mass is 251 g/mol. The molecule has 2 aromatic rings. The van der Waals surface area contributed by atoms with E-state index in [4.69, 9.17) is 5.73 Å². The Kier molecular flexibility index (Phi) is 3.43. The minimum atomic E-state index is -0.366. The molecule has 1 aromatic heterocycles. The molecule has 0 fully saturated rings. The van der Waals surface area contributed by atoms with Crippen molar-refractivity contribution in [2.24, 2.45) is 0 Å². The standard InChI is InChI=1S/C11H10FN3OS/c12-8-3-7(4-9(13)5-8)6-17-11-14-2-1-10(16)15-11/h1-5H,6,13H2,(H,14,15,16). The molecule has 0 aliphatic rings. The van der Waals surface area contributed by atoms with Crippen LogP contribution in [0.1, 0.15) is 5.56 Å². The quantitative estimate of drug-likeness (QED) is 0.495. The fourth-order valence-electron chi connectivity index (χ4n) is 1.34. The minimum Gasteiger partial charge on any atom is -0.399 e. The minimum absolute atomic E-state index is 0.207. The largest absolute Gasteiger partial charge is 0.399 e. The number of thioether (sulfide) groups is 1. The first-order valence-electron chi connectivity index (χ1n) is 4.86. The number of nitrogens with one attached hydrogen (secondary N) is 1. The molecule has 0 spiro atoms. The van der Waals surface area contributed by atoms with Gasteiger partial charge in [-0.1, -0.05) is 11.8 Å². The lowest BCUT2D eigenvalue weighted by Crippen LogP contribution is -2.05. The van der Waals surface area contributed by atoms with Crippen molar-refractivity contribution in [1.82, 2.24) is 9.97 Å². The highest BCUT2D eigenvalue weighted by atomic mass is 32.2. The van der Waals surface area contributed by atoms with Crippen LogP contribution in [0.25, 0.3) is 0 Å². The lowest BCUT2D eigenvalue weighted by molar-refractivity contribution is 0.627. The Hall–Kier alpha value is -1.82. The summed E-state index contributed by atoms with van der Waals surface area (Å²) in [5.74, 6) is 0.129. The van der Waals surface area contributed by atoms with Gasteiger partial charge in [0.15, 0.2) is 5.16 Å². The van der Waals surface area contributed by atoms with Crippen molar-refractivity contribution in [3.8, 4) is 0 Å². The summed E-state index contributed by atoms with van der Waals surface area (Å²) in [5.41, 5.74) is 6.46. The van der Waals surface area contributed by atoms with Gasteiger partial charge in [-0.25, -0.2) is 9.37 Å². The molecule has 1 heterocycles. The average molecular weight is 251 g/mol. The van der Waals surface area contributed by atoms with Crippen molar-refractivity contribution in [1.29, 1.82) is 0 Å². The maximum absolute atomic E-state index is 13.1. The van der Waals surface area contributed by atoms with Crippen LogP contribution >= 0.6 is 11.8 Å². The second-order valence-electron chi connectivity index (χ2n) is 3.42. The Morgan fingerprint density at radius 2 is 2.24 bits per heavy atom. The molecule has 0 saturated carbocycles. The van der Waals surface area contributed by atoms with Gasteiger partial charge in [-0.3, -0.25) is 4.79 Å². The number of rotatable bonds is 3. The fourth-order valence-corrected chi connectivity index (χ4v) is 2.11. The Bertz CT molecular complexity index is 565. The van der Waals surface area contributed by atoms with Gasteiger partial charge < -0.3 is 10.7 Å². The first-order chi connectivity index (χ1) is 8.13. The van der Waals surface area contributed by atoms with E-state index in [1.54, 1.807) is 6.07 Å². The summed E-state index contributed by atoms with van der Waals surface area (Å²) in [6.07, 6.45) is 1.43. The highest BCUT2D eigenvalue weighted by Crippen LogP contribution is 2.20. The summed E-state index contributed by atoms with van der Waals surface area (Å²) in [6.45, 7) is 0. The van der Waals surface area contributed by atoms with Crippen LogP contribution in [0.15, 0.2) is 40.4 Å². The third kappa shape index (κ3) is 3.32. The first kappa shape index (κ1) is 11.7. The van der Waals surface area contributed by atoms with Crippen molar-refractivity contribution in [2.75, 3.05) is 5.73 Å². The predicted octanol–water partition coefficient (Wildman–Crippen LogP) is 1.78. The third-order valence-corrected chi connectivity index (χ3v) is 2.96. The van der Waals surface area contributed by atoms with Crippen LogP contribution in [0.4, 0.5) is 10.1 Å². The van der Waals surface area contributed by atoms with Crippen LogP contribution in [0.2, 0.25) is 0 Å². The number of anilines is 1. The zero-order valence-electron chi connectivity index (χ0n) is 8.81. The Morgan fingerprint density at radius 1 is 1.41 bits per heavy atom. The summed E-state index contributed by atoms with van der Waals surface area (Å²) in [5, 5.41) is 0.500. The highest BCUT2D eigenvalue weighted by molar-refractivity contribution is 7.98. The molecule has 4 nitrogen and oxygen atoms in total. The van der Waals surface area contributed by atoms with E-state index in [0.29, 0.717) is 16.6 Å². The van der Waals surface area contributed by atoms with Crippen molar-refractivity contribution in [3.05, 3.63) is 52.2 Å². The molecule has 0 unspecified atom stereocenters. The van der Waals surface area contributed by atoms with Gasteiger partial charge in [0.1, 0.15) is 5.82 Å². The molecule has 0 bridgehead atoms. The maximum atomic E-state index is 13.1. The third-order valence-electron chi connectivity index (χ3n) is 2.00. The Balaban J connectivity index is 2.09. The zero-order valence-corrected chi connectivity index (χ0v) is 9.63. The molecule has 0 radical (unpaired) electrons. The number of nitrogen functional groups attached to an aromatic ring is 1. The fraction of sp³-hybridized carbons (Fsp3) is 0.0909. The summed E-state index contributed by atoms with van der Waals surface area (Å²) < 4.78 is 13.1. The van der Waals surface area contributed by atoms with Crippen LogP contribution in [-0.2, 0) is 5.75 Å². The predicted molar refractivity (Wildman–Crippen MR) is 65.2 cm³/mol. The molecule has 0 saturated heterocycles. The van der Waals surface area contributed by atoms with E-state index >= 15 is 0 Å². The van der Waals surface area contributed by atoms with Gasteiger partial charge in [-0.2, -0.15) is 0 Å². The Morgan fingerprint density at radius 3 is 2.94 bits per heavy atom. The van der Waals surface area contributed by atoms with Gasteiger partial charge >= 0.3 is 0 Å². The summed E-state index contributed by atoms with van der Waals surface area (Å²) in [7, 11) is 0. The number of benzene rings is 1. The molecule has 1 aromatic carbocycles. The van der Waals surface area contributed by atoms with E-state index in [2.05, 4.69) is 9.97 Å². The molecule has 0 amide bonds. The van der Waals surface area contributed by atoms with Crippen molar-refractivity contribution >= 4 is 17.4 Å². The van der Waals surface area contributed by atoms with E-state index in [-0.39, 0.29) is 11.4 Å². The normalized spacial score (nSPS) is 10.4. The van der Waals surface area contributed by atoms with Crippen LogP contribution in [-0.4, -0.2) is 9.97 Å². The van der Waals surface area contributed by atoms with Gasteiger partial charge in [-0.05, 0) is 23.8 Å². The molecule has 2 rings (SSSR count). The van der Waals surface area contributed by atoms with Gasteiger partial charge in [-0.15, -0.1) is 0 Å². The van der Waals surface area contributed by atoms with E-state index in [1.165, 1.54) is 36.2 Å². The molecule has 0 aliphatic carbocycles. The van der Waals surface area contributed by atoms with E-state index in [9.17, 15) is 9.18 Å². The molecule has 0 aliphatic heterocycles. The number of aromatic amines is 1. The number of halogens is 1. The first-order valence-corrected chi connectivity index (χ1v) is 5.85. The van der Waals surface area contributed by atoms with Crippen LogP contribution in [0.5, 0.6) is 0 Å². The van der Waals surface area contributed by atoms with E-state index in [1.807, 2.05) is 0 Å². The SMILES string of the molecule is Nc1cc(F)cc(CSc2nccc(=O)[nH]2)c1. The summed E-state index contributed by atoms with van der Waals surface area (Å²) in [4.78, 5) is 17.6. The van der Waals surface area contributed by atoms with Crippen molar-refractivity contribution < 1.29 is 4.39 Å². The second kappa shape index (κ2) is 5.01. The molecule has 6 heteroatoms. The molecule has 0 atom stereocenters. The van der Waals surface area contributed by atoms with Crippen molar-refractivity contribution in [3.63, 3.8) is 0 Å². The zero-order chi connectivity index (χ0) is 12.3.